The molecule has 208 valence electrons. The van der Waals surface area contributed by atoms with Crippen LogP contribution >= 0.6 is 22.7 Å². The first kappa shape index (κ1) is 26.2. The van der Waals surface area contributed by atoms with Crippen molar-refractivity contribution in [3.63, 3.8) is 0 Å². The molecular weight excluding hydrogens is 581 g/mol. The van der Waals surface area contributed by atoms with Crippen molar-refractivity contribution in [3.8, 4) is 64.7 Å². The second-order valence-electron chi connectivity index (χ2n) is 10.1. The van der Waals surface area contributed by atoms with Gasteiger partial charge in [0.05, 0.1) is 26.8 Å². The van der Waals surface area contributed by atoms with Crippen molar-refractivity contribution in [1.29, 1.82) is 0 Å². The molecule has 44 heavy (non-hydrogen) atoms. The van der Waals surface area contributed by atoms with Crippen molar-refractivity contribution in [2.45, 2.75) is 0 Å². The summed E-state index contributed by atoms with van der Waals surface area (Å²) in [6, 6.07) is 30.9. The molecule has 6 nitrogen and oxygen atoms in total. The molecule has 6 aromatic heterocycles. The molecule has 0 saturated carbocycles. The summed E-state index contributed by atoms with van der Waals surface area (Å²) in [4.78, 5) is 29.7. The van der Waals surface area contributed by atoms with Gasteiger partial charge in [0.2, 0.25) is 0 Å². The van der Waals surface area contributed by atoms with E-state index in [4.69, 9.17) is 15.0 Å². The molecule has 8 aromatic rings. The molecule has 0 N–H and O–H groups in total. The van der Waals surface area contributed by atoms with Gasteiger partial charge in [0.15, 0.2) is 0 Å². The zero-order chi connectivity index (χ0) is 29.3. The summed E-state index contributed by atoms with van der Waals surface area (Å²) in [7, 11) is 0. The zero-order valence-electron chi connectivity index (χ0n) is 23.2. The number of rotatable bonds is 6. The minimum absolute atomic E-state index is 0.851. The van der Waals surface area contributed by atoms with Gasteiger partial charge in [0, 0.05) is 71.2 Å². The van der Waals surface area contributed by atoms with Crippen molar-refractivity contribution in [3.05, 3.63) is 134 Å². The highest BCUT2D eigenvalue weighted by Crippen LogP contribution is 2.41. The van der Waals surface area contributed by atoms with Gasteiger partial charge in [-0.15, -0.1) is 22.7 Å². The summed E-state index contributed by atoms with van der Waals surface area (Å²) in [5, 5.41) is 4.17. The Bertz CT molecular complexity index is 2230. The predicted octanol–water partition coefficient (Wildman–Crippen LogP) is 9.33. The van der Waals surface area contributed by atoms with E-state index in [1.807, 2.05) is 79.5 Å². The van der Waals surface area contributed by atoms with Gasteiger partial charge >= 0.3 is 0 Å². The number of pyridine rings is 4. The molecule has 0 amide bonds. The molecule has 8 heteroatoms. The van der Waals surface area contributed by atoms with E-state index >= 15 is 0 Å². The largest absolute Gasteiger partial charge is 0.264 e. The molecule has 2 aromatic carbocycles. The Morgan fingerprint density at radius 2 is 1.05 bits per heavy atom. The lowest BCUT2D eigenvalue weighted by molar-refractivity contribution is 1.26. The van der Waals surface area contributed by atoms with Crippen LogP contribution in [0.15, 0.2) is 134 Å². The number of hydrogen-bond acceptors (Lipinski definition) is 8. The first-order valence-electron chi connectivity index (χ1n) is 14.0. The second kappa shape index (κ2) is 11.3. The van der Waals surface area contributed by atoms with Crippen LogP contribution in [0.5, 0.6) is 0 Å². The van der Waals surface area contributed by atoms with Crippen LogP contribution in [-0.4, -0.2) is 29.9 Å². The molecule has 0 aliphatic heterocycles. The lowest BCUT2D eigenvalue weighted by Crippen LogP contribution is -1.87. The Morgan fingerprint density at radius 3 is 1.68 bits per heavy atom. The standard InChI is InChI=1S/C36H22N6S2/c1-2-9-27-26(8-1)28(33-21-40-35(43-33)25-12-15-30(39-20-25)23-6-4-16-37-18-23)13-14-29(27)34-22-41-36(44-34)32-11-3-10-31(42-32)24-7-5-17-38-19-24/h1-22H. The van der Waals surface area contributed by atoms with E-state index in [0.717, 1.165) is 64.7 Å². The van der Waals surface area contributed by atoms with Gasteiger partial charge in [-0.05, 0) is 59.3 Å². The Hall–Kier alpha value is -5.44. The normalized spacial score (nSPS) is 11.2. The highest BCUT2D eigenvalue weighted by Gasteiger charge is 2.16. The molecule has 0 saturated heterocycles. The lowest BCUT2D eigenvalue weighted by Gasteiger charge is -2.09. The molecule has 0 aliphatic rings. The van der Waals surface area contributed by atoms with E-state index in [2.05, 4.69) is 57.4 Å². The fraction of sp³-hybridized carbons (Fsp3) is 0. The van der Waals surface area contributed by atoms with Crippen LogP contribution in [-0.2, 0) is 0 Å². The molecule has 0 spiro atoms. The maximum atomic E-state index is 4.88. The monoisotopic (exact) mass is 602 g/mol. The highest BCUT2D eigenvalue weighted by atomic mass is 32.1. The minimum Gasteiger partial charge on any atom is -0.264 e. The quantitative estimate of drug-likeness (QED) is 0.189. The van der Waals surface area contributed by atoms with Gasteiger partial charge in [-0.2, -0.15) is 0 Å². The van der Waals surface area contributed by atoms with Crippen molar-refractivity contribution >= 4 is 33.4 Å². The molecule has 0 fully saturated rings. The maximum absolute atomic E-state index is 4.88. The first-order valence-corrected chi connectivity index (χ1v) is 15.6. The molecule has 0 unspecified atom stereocenters. The van der Waals surface area contributed by atoms with Gasteiger partial charge in [-0.25, -0.2) is 15.0 Å². The third kappa shape index (κ3) is 4.96. The number of thiazole rings is 2. The van der Waals surface area contributed by atoms with Crippen molar-refractivity contribution in [1.82, 2.24) is 29.9 Å². The summed E-state index contributed by atoms with van der Waals surface area (Å²) >= 11 is 3.32. The van der Waals surface area contributed by atoms with Gasteiger partial charge in [0.25, 0.3) is 0 Å². The molecule has 6 heterocycles. The maximum Gasteiger partial charge on any atom is 0.142 e. The summed E-state index contributed by atoms with van der Waals surface area (Å²) in [6.07, 6.45) is 13.0. The van der Waals surface area contributed by atoms with Gasteiger partial charge < -0.3 is 0 Å². The molecule has 0 radical (unpaired) electrons. The van der Waals surface area contributed by atoms with Crippen LogP contribution in [0.2, 0.25) is 0 Å². The van der Waals surface area contributed by atoms with E-state index in [9.17, 15) is 0 Å². The van der Waals surface area contributed by atoms with Gasteiger partial charge in [-0.3, -0.25) is 15.0 Å². The lowest BCUT2D eigenvalue weighted by atomic mass is 9.98. The van der Waals surface area contributed by atoms with Crippen molar-refractivity contribution in [2.75, 3.05) is 0 Å². The van der Waals surface area contributed by atoms with E-state index in [1.165, 1.54) is 10.8 Å². The van der Waals surface area contributed by atoms with Crippen LogP contribution in [0.1, 0.15) is 0 Å². The average Bonchev–Trinajstić information content (AvgIpc) is 3.80. The summed E-state index contributed by atoms with van der Waals surface area (Å²) in [5.74, 6) is 0. The topological polar surface area (TPSA) is 77.3 Å². The average molecular weight is 603 g/mol. The van der Waals surface area contributed by atoms with E-state index in [1.54, 1.807) is 35.1 Å². The first-order chi connectivity index (χ1) is 21.8. The SMILES string of the molecule is c1cncc(-c2ccc(-c3ncc(-c4ccc(-c5cnc(-c6cccc(-c7cccnc7)n6)s5)c5ccccc45)s3)cn2)c1. The number of aromatic nitrogens is 6. The molecule has 8 rings (SSSR count). The van der Waals surface area contributed by atoms with E-state index < -0.39 is 0 Å². The van der Waals surface area contributed by atoms with Gasteiger partial charge in [0.1, 0.15) is 10.0 Å². The van der Waals surface area contributed by atoms with Crippen LogP contribution in [0, 0.1) is 0 Å². The summed E-state index contributed by atoms with van der Waals surface area (Å²) < 4.78 is 0. The molecular formula is C36H22N6S2. The zero-order valence-corrected chi connectivity index (χ0v) is 24.8. The molecule has 0 bridgehead atoms. The van der Waals surface area contributed by atoms with Crippen LogP contribution in [0.4, 0.5) is 0 Å². The van der Waals surface area contributed by atoms with Crippen molar-refractivity contribution < 1.29 is 0 Å². The Kier molecular flexibility index (Phi) is 6.75. The molecule has 0 aliphatic carbocycles. The second-order valence-corrected chi connectivity index (χ2v) is 12.2. The Balaban J connectivity index is 1.11. The Labute approximate surface area is 261 Å². The number of hydrogen-bond donors (Lipinski definition) is 0. The predicted molar refractivity (Wildman–Crippen MR) is 179 cm³/mol. The number of nitrogens with zero attached hydrogens (tertiary/aromatic N) is 6. The van der Waals surface area contributed by atoms with E-state index in [0.29, 0.717) is 0 Å². The highest BCUT2D eigenvalue weighted by molar-refractivity contribution is 7.18. The minimum atomic E-state index is 0.851. The number of benzene rings is 2. The summed E-state index contributed by atoms with van der Waals surface area (Å²) in [5.41, 5.74) is 7.90. The van der Waals surface area contributed by atoms with Crippen LogP contribution in [0.25, 0.3) is 75.4 Å². The number of fused-ring (bicyclic) bond motifs is 1. The van der Waals surface area contributed by atoms with Crippen LogP contribution < -0.4 is 0 Å². The van der Waals surface area contributed by atoms with E-state index in [-0.39, 0.29) is 0 Å². The fourth-order valence-electron chi connectivity index (χ4n) is 5.21. The van der Waals surface area contributed by atoms with Gasteiger partial charge in [-0.1, -0.05) is 42.5 Å². The third-order valence-electron chi connectivity index (χ3n) is 7.36. The summed E-state index contributed by atoms with van der Waals surface area (Å²) in [6.45, 7) is 0. The fourth-order valence-corrected chi connectivity index (χ4v) is 7.08. The van der Waals surface area contributed by atoms with Crippen LogP contribution in [0.3, 0.4) is 0 Å². The Morgan fingerprint density at radius 1 is 0.409 bits per heavy atom. The van der Waals surface area contributed by atoms with Crippen molar-refractivity contribution in [2.24, 2.45) is 0 Å². The third-order valence-corrected chi connectivity index (χ3v) is 9.49. The smallest absolute Gasteiger partial charge is 0.142 e. The molecule has 0 atom stereocenters.